The molecular weight excluding hydrogens is 456 g/mol. The molecule has 1 aliphatic heterocycles. The van der Waals surface area contributed by atoms with Crippen LogP contribution in [0.25, 0.3) is 4.91 Å². The van der Waals surface area contributed by atoms with Crippen molar-refractivity contribution in [1.82, 2.24) is 9.62 Å². The second-order valence-corrected chi connectivity index (χ2v) is 10.9. The van der Waals surface area contributed by atoms with E-state index in [-0.39, 0.29) is 10.6 Å². The minimum absolute atomic E-state index is 0.179. The number of carboxylic acids is 1. The zero-order chi connectivity index (χ0) is 25.1. The highest BCUT2D eigenvalue weighted by molar-refractivity contribution is 8.31. The lowest BCUT2D eigenvalue weighted by molar-refractivity contribution is -0.138. The van der Waals surface area contributed by atoms with E-state index in [0.717, 1.165) is 4.31 Å². The van der Waals surface area contributed by atoms with Crippen molar-refractivity contribution in [2.24, 2.45) is 0 Å². The summed E-state index contributed by atoms with van der Waals surface area (Å²) in [7, 11) is -3.52. The Bertz CT molecular complexity index is 1080. The van der Waals surface area contributed by atoms with Crippen molar-refractivity contribution >= 4 is 27.6 Å². The fourth-order valence-electron chi connectivity index (χ4n) is 3.77. The lowest BCUT2D eigenvalue weighted by atomic mass is 10.0. The molecule has 8 nitrogen and oxygen atoms in total. The predicted molar refractivity (Wildman–Crippen MR) is 133 cm³/mol. The summed E-state index contributed by atoms with van der Waals surface area (Å²) in [6, 6.07) is 15.9. The van der Waals surface area contributed by atoms with Gasteiger partial charge in [-0.05, 0) is 51.8 Å². The summed E-state index contributed by atoms with van der Waals surface area (Å²) in [5.41, 5.74) is 0.620. The Morgan fingerprint density at radius 2 is 1.79 bits per heavy atom. The summed E-state index contributed by atoms with van der Waals surface area (Å²) < 4.78 is 29.1. The van der Waals surface area contributed by atoms with Gasteiger partial charge >= 0.3 is 5.97 Å². The van der Waals surface area contributed by atoms with Crippen LogP contribution >= 0.6 is 10.8 Å². The van der Waals surface area contributed by atoms with Crippen molar-refractivity contribution in [3.8, 4) is 5.75 Å². The summed E-state index contributed by atoms with van der Waals surface area (Å²) in [6.45, 7) is 7.61. The van der Waals surface area contributed by atoms with Crippen molar-refractivity contribution in [3.05, 3.63) is 71.4 Å². The van der Waals surface area contributed by atoms with Crippen LogP contribution in [0.5, 0.6) is 5.75 Å². The largest absolute Gasteiger partial charge is 0.494 e. The molecule has 0 bridgehead atoms. The summed E-state index contributed by atoms with van der Waals surface area (Å²) in [5.74, 6) is -1.42. The predicted octanol–water partition coefficient (Wildman–Crippen LogP) is 4.91. The van der Waals surface area contributed by atoms with Gasteiger partial charge in [0, 0.05) is 12.1 Å². The summed E-state index contributed by atoms with van der Waals surface area (Å²) in [4.78, 5) is 24.6. The molecule has 1 atom stereocenters. The Balaban J connectivity index is 1.70. The van der Waals surface area contributed by atoms with E-state index in [2.05, 4.69) is 5.32 Å². The molecule has 0 aliphatic carbocycles. The van der Waals surface area contributed by atoms with Gasteiger partial charge in [0.25, 0.3) is 5.91 Å². The molecule has 0 radical (unpaired) electrons. The van der Waals surface area contributed by atoms with Gasteiger partial charge in [-0.25, -0.2) is 4.31 Å². The van der Waals surface area contributed by atoms with Gasteiger partial charge in [0.1, 0.15) is 16.4 Å². The average molecular weight is 489 g/mol. The van der Waals surface area contributed by atoms with E-state index in [0.29, 0.717) is 36.4 Å². The smallest absolute Gasteiger partial charge is 0.310 e. The van der Waals surface area contributed by atoms with Gasteiger partial charge in [-0.2, -0.15) is 0 Å². The van der Waals surface area contributed by atoms with E-state index in [9.17, 15) is 23.8 Å². The molecule has 4 N–H and O–H groups in total. The number of hydrogen-bond donors (Lipinski definition) is 4. The van der Waals surface area contributed by atoms with E-state index in [1.807, 2.05) is 6.07 Å². The first kappa shape index (κ1) is 25.6. The quantitative estimate of drug-likeness (QED) is 0.370. The molecule has 184 valence electrons. The number of hydrogen-bond acceptors (Lipinski definition) is 6. The molecule has 9 heteroatoms. The number of carbonyl (C=O) groups excluding carboxylic acids is 1. The first-order chi connectivity index (χ1) is 15.9. The first-order valence-electron chi connectivity index (χ1n) is 11.1. The third-order valence-electron chi connectivity index (χ3n) is 5.42. The maximum absolute atomic E-state index is 13.2. The topological polar surface area (TPSA) is 119 Å². The van der Waals surface area contributed by atoms with E-state index >= 15 is 0 Å². The lowest BCUT2D eigenvalue weighted by Gasteiger charge is -2.45. The molecule has 1 amide bonds. The minimum atomic E-state index is -3.52. The molecule has 2 aromatic carbocycles. The SMILES string of the molecule is CC(C(=O)O)c1cccc(OCCCNC2=C(c3ccccc3)S(O)(O)N(C(C)(C)C)C2=O)c1. The van der Waals surface area contributed by atoms with Crippen LogP contribution in [0, 0.1) is 0 Å². The Hall–Kier alpha value is -3.01. The molecule has 0 saturated heterocycles. The minimum Gasteiger partial charge on any atom is -0.494 e. The highest BCUT2D eigenvalue weighted by Gasteiger charge is 2.49. The third kappa shape index (κ3) is 5.38. The molecule has 0 fully saturated rings. The van der Waals surface area contributed by atoms with Gasteiger partial charge in [0.05, 0.1) is 18.1 Å². The Morgan fingerprint density at radius 3 is 2.41 bits per heavy atom. The second-order valence-electron chi connectivity index (χ2n) is 9.12. The van der Waals surface area contributed by atoms with Crippen LogP contribution < -0.4 is 10.1 Å². The summed E-state index contributed by atoms with van der Waals surface area (Å²) in [6.07, 6.45) is 0.534. The summed E-state index contributed by atoms with van der Waals surface area (Å²) in [5, 5.41) is 12.3. The molecule has 0 spiro atoms. The number of carboxylic acid groups (broad SMARTS) is 1. The van der Waals surface area contributed by atoms with Crippen LogP contribution in [-0.2, 0) is 9.59 Å². The standard InChI is InChI=1S/C25H32N2O6S/c1-17(24(29)30)19-12-8-13-20(16-19)33-15-9-14-26-21-22(18-10-6-5-7-11-18)34(31,32)27(23(21)28)25(2,3)4/h5-8,10-13,16-17,26,31-32H,9,14-15H2,1-4H3,(H,29,30). The molecule has 2 aromatic rings. The van der Waals surface area contributed by atoms with E-state index < -0.39 is 34.1 Å². The Kier molecular flexibility index (Phi) is 7.60. The molecule has 0 aromatic heterocycles. The molecule has 1 heterocycles. The van der Waals surface area contributed by atoms with E-state index in [1.165, 1.54) is 0 Å². The fraction of sp³-hybridized carbons (Fsp3) is 0.360. The molecule has 3 rings (SSSR count). The molecule has 1 unspecified atom stereocenters. The Morgan fingerprint density at radius 1 is 1.12 bits per heavy atom. The molecule has 0 saturated carbocycles. The lowest BCUT2D eigenvalue weighted by Crippen LogP contribution is -2.45. The van der Waals surface area contributed by atoms with Gasteiger partial charge < -0.3 is 15.2 Å². The van der Waals surface area contributed by atoms with Crippen LogP contribution in [0.1, 0.15) is 51.2 Å². The molecule has 1 aliphatic rings. The molecular formula is C25H32N2O6S. The molecule has 34 heavy (non-hydrogen) atoms. The maximum Gasteiger partial charge on any atom is 0.310 e. The first-order valence-corrected chi connectivity index (χ1v) is 12.6. The van der Waals surface area contributed by atoms with Crippen molar-refractivity contribution in [2.45, 2.75) is 45.6 Å². The number of carbonyl (C=O) groups is 2. The monoisotopic (exact) mass is 488 g/mol. The number of amides is 1. The number of nitrogens with one attached hydrogen (secondary N) is 1. The van der Waals surface area contributed by atoms with Crippen LogP contribution in [-0.4, -0.2) is 49.1 Å². The highest BCUT2D eigenvalue weighted by atomic mass is 32.3. The zero-order valence-corrected chi connectivity index (χ0v) is 20.6. The highest BCUT2D eigenvalue weighted by Crippen LogP contribution is 2.63. The second kappa shape index (κ2) is 10.1. The van der Waals surface area contributed by atoms with Crippen molar-refractivity contribution < 1.29 is 28.5 Å². The number of rotatable bonds is 9. The number of nitrogens with zero attached hydrogens (tertiary/aromatic N) is 1. The average Bonchev–Trinajstić information content (AvgIpc) is 2.98. The number of ether oxygens (including phenoxy) is 1. The van der Waals surface area contributed by atoms with Gasteiger partial charge in [-0.3, -0.25) is 18.7 Å². The van der Waals surface area contributed by atoms with Crippen LogP contribution in [0.3, 0.4) is 0 Å². The van der Waals surface area contributed by atoms with E-state index in [1.54, 1.807) is 76.2 Å². The fourth-order valence-corrected chi connectivity index (χ4v) is 5.92. The van der Waals surface area contributed by atoms with Gasteiger partial charge in [-0.1, -0.05) is 53.2 Å². The zero-order valence-electron chi connectivity index (χ0n) is 19.8. The van der Waals surface area contributed by atoms with Gasteiger partial charge in [-0.15, -0.1) is 0 Å². The normalized spacial score (nSPS) is 17.5. The van der Waals surface area contributed by atoms with Crippen LogP contribution in [0.2, 0.25) is 0 Å². The maximum atomic E-state index is 13.2. The van der Waals surface area contributed by atoms with Gasteiger partial charge in [0.15, 0.2) is 0 Å². The Labute approximate surface area is 201 Å². The van der Waals surface area contributed by atoms with Crippen molar-refractivity contribution in [2.75, 3.05) is 13.2 Å². The summed E-state index contributed by atoms with van der Waals surface area (Å²) >= 11 is 0. The third-order valence-corrected chi connectivity index (χ3v) is 7.63. The number of aliphatic carboxylic acids is 1. The van der Waals surface area contributed by atoms with E-state index in [4.69, 9.17) is 4.74 Å². The number of benzene rings is 2. The van der Waals surface area contributed by atoms with Crippen molar-refractivity contribution in [1.29, 1.82) is 0 Å². The van der Waals surface area contributed by atoms with Crippen molar-refractivity contribution in [3.63, 3.8) is 0 Å². The van der Waals surface area contributed by atoms with Crippen LogP contribution in [0.4, 0.5) is 0 Å². The van der Waals surface area contributed by atoms with Gasteiger partial charge in [0.2, 0.25) is 0 Å². The van der Waals surface area contributed by atoms with Crippen LogP contribution in [0.15, 0.2) is 60.3 Å².